The lowest BCUT2D eigenvalue weighted by Crippen LogP contribution is -2.13. The highest BCUT2D eigenvalue weighted by molar-refractivity contribution is 5.84. The molecule has 0 aliphatic rings. The summed E-state index contributed by atoms with van der Waals surface area (Å²) < 4.78 is 0. The monoisotopic (exact) mass is 200 g/mol. The van der Waals surface area contributed by atoms with Gasteiger partial charge in [-0.05, 0) is 30.2 Å². The molecule has 3 nitrogen and oxygen atoms in total. The summed E-state index contributed by atoms with van der Waals surface area (Å²) in [5.74, 6) is -0.308. The standard InChI is InChI=1S/C12H12N2O/c1-8-5-9(7-11(13)15)6-10-3-2-4-14-12(8)10/h2-6H,7H2,1H3,(H2,13,15). The quantitative estimate of drug-likeness (QED) is 0.800. The number of rotatable bonds is 2. The fourth-order valence-electron chi connectivity index (χ4n) is 1.75. The summed E-state index contributed by atoms with van der Waals surface area (Å²) in [4.78, 5) is 15.1. The average Bonchev–Trinajstić information content (AvgIpc) is 2.16. The third-order valence-electron chi connectivity index (χ3n) is 2.33. The molecule has 3 heteroatoms. The maximum absolute atomic E-state index is 10.8. The van der Waals surface area contributed by atoms with Gasteiger partial charge in [-0.25, -0.2) is 0 Å². The van der Waals surface area contributed by atoms with Crippen molar-refractivity contribution in [3.8, 4) is 0 Å². The van der Waals surface area contributed by atoms with Crippen LogP contribution >= 0.6 is 0 Å². The first kappa shape index (κ1) is 9.65. The predicted molar refractivity (Wildman–Crippen MR) is 59.4 cm³/mol. The molecule has 1 amide bonds. The Morgan fingerprint density at radius 1 is 1.47 bits per heavy atom. The summed E-state index contributed by atoms with van der Waals surface area (Å²) in [6, 6.07) is 7.79. The van der Waals surface area contributed by atoms with Crippen molar-refractivity contribution >= 4 is 16.8 Å². The van der Waals surface area contributed by atoms with Gasteiger partial charge in [-0.3, -0.25) is 9.78 Å². The van der Waals surface area contributed by atoms with E-state index in [0.717, 1.165) is 22.0 Å². The van der Waals surface area contributed by atoms with Gasteiger partial charge in [-0.2, -0.15) is 0 Å². The highest BCUT2D eigenvalue weighted by Crippen LogP contribution is 2.18. The van der Waals surface area contributed by atoms with Crippen LogP contribution in [0.3, 0.4) is 0 Å². The number of nitrogens with two attached hydrogens (primary N) is 1. The average molecular weight is 200 g/mol. The lowest BCUT2D eigenvalue weighted by atomic mass is 10.0. The molecule has 2 rings (SSSR count). The van der Waals surface area contributed by atoms with Gasteiger partial charge in [0.2, 0.25) is 5.91 Å². The number of carbonyl (C=O) groups excluding carboxylic acids is 1. The maximum atomic E-state index is 10.8. The van der Waals surface area contributed by atoms with Crippen LogP contribution in [0.1, 0.15) is 11.1 Å². The number of hydrogen-bond acceptors (Lipinski definition) is 2. The fraction of sp³-hybridized carbons (Fsp3) is 0.167. The number of hydrogen-bond donors (Lipinski definition) is 1. The zero-order valence-corrected chi connectivity index (χ0v) is 8.53. The Balaban J connectivity index is 2.57. The molecule has 0 fully saturated rings. The number of aryl methyl sites for hydroxylation is 1. The molecule has 76 valence electrons. The van der Waals surface area contributed by atoms with Crippen LogP contribution in [0.25, 0.3) is 10.9 Å². The molecular formula is C12H12N2O. The van der Waals surface area contributed by atoms with Crippen LogP contribution in [-0.4, -0.2) is 10.9 Å². The molecule has 2 aromatic rings. The van der Waals surface area contributed by atoms with E-state index in [1.165, 1.54) is 0 Å². The zero-order chi connectivity index (χ0) is 10.8. The third-order valence-corrected chi connectivity index (χ3v) is 2.33. The highest BCUT2D eigenvalue weighted by Gasteiger charge is 2.03. The fourth-order valence-corrected chi connectivity index (χ4v) is 1.75. The Kier molecular flexibility index (Phi) is 2.37. The van der Waals surface area contributed by atoms with Crippen molar-refractivity contribution in [1.29, 1.82) is 0 Å². The summed E-state index contributed by atoms with van der Waals surface area (Å²) >= 11 is 0. The van der Waals surface area contributed by atoms with Crippen molar-refractivity contribution in [2.24, 2.45) is 5.73 Å². The number of nitrogens with zero attached hydrogens (tertiary/aromatic N) is 1. The lowest BCUT2D eigenvalue weighted by Gasteiger charge is -2.04. The summed E-state index contributed by atoms with van der Waals surface area (Å²) in [7, 11) is 0. The van der Waals surface area contributed by atoms with Gasteiger partial charge in [0.05, 0.1) is 11.9 Å². The number of amides is 1. The number of benzene rings is 1. The van der Waals surface area contributed by atoms with E-state index in [1.807, 2.05) is 31.2 Å². The Bertz CT molecular complexity index is 520. The minimum atomic E-state index is -0.308. The van der Waals surface area contributed by atoms with E-state index < -0.39 is 0 Å². The first-order valence-corrected chi connectivity index (χ1v) is 4.79. The summed E-state index contributed by atoms with van der Waals surface area (Å²) in [6.45, 7) is 1.99. The molecule has 2 N–H and O–H groups in total. The number of fused-ring (bicyclic) bond motifs is 1. The van der Waals surface area contributed by atoms with Crippen LogP contribution in [0.5, 0.6) is 0 Å². The molecule has 0 unspecified atom stereocenters. The maximum Gasteiger partial charge on any atom is 0.221 e. The number of aromatic nitrogens is 1. The van der Waals surface area contributed by atoms with Gasteiger partial charge in [-0.1, -0.05) is 12.1 Å². The van der Waals surface area contributed by atoms with Crippen molar-refractivity contribution in [1.82, 2.24) is 4.98 Å². The second-order valence-electron chi connectivity index (χ2n) is 3.63. The van der Waals surface area contributed by atoms with Crippen LogP contribution in [0.4, 0.5) is 0 Å². The van der Waals surface area contributed by atoms with Crippen LogP contribution in [-0.2, 0) is 11.2 Å². The van der Waals surface area contributed by atoms with E-state index in [0.29, 0.717) is 0 Å². The Labute approximate surface area is 87.9 Å². The van der Waals surface area contributed by atoms with Gasteiger partial charge in [0, 0.05) is 11.6 Å². The molecule has 0 spiro atoms. The van der Waals surface area contributed by atoms with Crippen molar-refractivity contribution in [3.63, 3.8) is 0 Å². The molecule has 0 saturated heterocycles. The van der Waals surface area contributed by atoms with Crippen LogP contribution < -0.4 is 5.73 Å². The van der Waals surface area contributed by atoms with Gasteiger partial charge < -0.3 is 5.73 Å². The van der Waals surface area contributed by atoms with E-state index in [4.69, 9.17) is 5.73 Å². The number of carbonyl (C=O) groups is 1. The van der Waals surface area contributed by atoms with Gasteiger partial charge in [0.25, 0.3) is 0 Å². The molecule has 0 saturated carbocycles. The number of primary amides is 1. The van der Waals surface area contributed by atoms with Gasteiger partial charge >= 0.3 is 0 Å². The van der Waals surface area contributed by atoms with E-state index in [-0.39, 0.29) is 12.3 Å². The molecule has 1 aromatic heterocycles. The lowest BCUT2D eigenvalue weighted by molar-refractivity contribution is -0.117. The molecule has 0 atom stereocenters. The van der Waals surface area contributed by atoms with E-state index in [2.05, 4.69) is 4.98 Å². The third kappa shape index (κ3) is 1.96. The minimum absolute atomic E-state index is 0.283. The molecule has 0 bridgehead atoms. The van der Waals surface area contributed by atoms with Crippen molar-refractivity contribution < 1.29 is 4.79 Å². The second kappa shape index (κ2) is 3.69. The minimum Gasteiger partial charge on any atom is -0.369 e. The van der Waals surface area contributed by atoms with Crippen LogP contribution in [0, 0.1) is 6.92 Å². The summed E-state index contributed by atoms with van der Waals surface area (Å²) in [5, 5.41) is 1.05. The Hall–Kier alpha value is -1.90. The molecule has 0 aliphatic heterocycles. The van der Waals surface area contributed by atoms with Crippen molar-refractivity contribution in [3.05, 3.63) is 41.6 Å². The first-order chi connectivity index (χ1) is 7.16. The van der Waals surface area contributed by atoms with Gasteiger partial charge in [-0.15, -0.1) is 0 Å². The summed E-state index contributed by atoms with van der Waals surface area (Å²) in [5.41, 5.74) is 8.16. The SMILES string of the molecule is Cc1cc(CC(N)=O)cc2cccnc12. The smallest absolute Gasteiger partial charge is 0.221 e. The van der Waals surface area contributed by atoms with Crippen molar-refractivity contribution in [2.45, 2.75) is 13.3 Å². The van der Waals surface area contributed by atoms with E-state index in [9.17, 15) is 4.79 Å². The second-order valence-corrected chi connectivity index (χ2v) is 3.63. The van der Waals surface area contributed by atoms with E-state index in [1.54, 1.807) is 6.20 Å². The van der Waals surface area contributed by atoms with E-state index >= 15 is 0 Å². The van der Waals surface area contributed by atoms with Crippen LogP contribution in [0.15, 0.2) is 30.5 Å². The topological polar surface area (TPSA) is 56.0 Å². The predicted octanol–water partition coefficient (Wildman–Crippen LogP) is 1.57. The molecule has 1 heterocycles. The molecule has 1 aromatic carbocycles. The highest BCUT2D eigenvalue weighted by atomic mass is 16.1. The van der Waals surface area contributed by atoms with Gasteiger partial charge in [0.1, 0.15) is 0 Å². The Morgan fingerprint density at radius 3 is 3.00 bits per heavy atom. The van der Waals surface area contributed by atoms with Crippen molar-refractivity contribution in [2.75, 3.05) is 0 Å². The first-order valence-electron chi connectivity index (χ1n) is 4.79. The van der Waals surface area contributed by atoms with Gasteiger partial charge in [0.15, 0.2) is 0 Å². The van der Waals surface area contributed by atoms with Crippen LogP contribution in [0.2, 0.25) is 0 Å². The molecule has 0 radical (unpaired) electrons. The molecule has 0 aliphatic carbocycles. The number of pyridine rings is 1. The zero-order valence-electron chi connectivity index (χ0n) is 8.53. The summed E-state index contributed by atoms with van der Waals surface area (Å²) in [6.07, 6.45) is 2.05. The molecule has 15 heavy (non-hydrogen) atoms. The largest absolute Gasteiger partial charge is 0.369 e. The normalized spacial score (nSPS) is 10.5. The Morgan fingerprint density at radius 2 is 2.27 bits per heavy atom. The molecular weight excluding hydrogens is 188 g/mol.